The lowest BCUT2D eigenvalue weighted by molar-refractivity contribution is -0.137. The molecule has 1 aromatic rings. The van der Waals surface area contributed by atoms with Crippen LogP contribution in [-0.4, -0.2) is 36.0 Å². The molecule has 1 heterocycles. The highest BCUT2D eigenvalue weighted by Gasteiger charge is 2.35. The number of benzene rings is 1. The molecular weight excluding hydrogens is 341 g/mol. The van der Waals surface area contributed by atoms with Crippen molar-refractivity contribution >= 4 is 5.91 Å². The zero-order valence-electron chi connectivity index (χ0n) is 15.4. The maximum Gasteiger partial charge on any atom is 0.416 e. The summed E-state index contributed by atoms with van der Waals surface area (Å²) in [6.45, 7) is 5.78. The van der Waals surface area contributed by atoms with Crippen molar-refractivity contribution in [2.45, 2.75) is 70.1 Å². The van der Waals surface area contributed by atoms with E-state index < -0.39 is 11.7 Å². The second-order valence-electron chi connectivity index (χ2n) is 7.78. The van der Waals surface area contributed by atoms with E-state index in [1.54, 1.807) is 0 Å². The molecule has 1 aromatic carbocycles. The molecule has 1 aliphatic carbocycles. The smallest absolute Gasteiger partial charge is 0.348 e. The normalized spacial score (nSPS) is 24.4. The molecule has 1 saturated heterocycles. The fourth-order valence-corrected chi connectivity index (χ4v) is 4.29. The Labute approximate surface area is 152 Å². The van der Waals surface area contributed by atoms with E-state index in [0.29, 0.717) is 17.2 Å². The minimum Gasteiger partial charge on any atom is -0.348 e. The van der Waals surface area contributed by atoms with Crippen LogP contribution in [0.25, 0.3) is 0 Å². The zero-order valence-corrected chi connectivity index (χ0v) is 15.4. The van der Waals surface area contributed by atoms with Crippen LogP contribution < -0.4 is 5.32 Å². The molecule has 1 saturated carbocycles. The quantitative estimate of drug-likeness (QED) is 0.844. The highest BCUT2D eigenvalue weighted by atomic mass is 19.4. The highest BCUT2D eigenvalue weighted by Crippen LogP contribution is 2.33. The minimum absolute atomic E-state index is 0.0860. The largest absolute Gasteiger partial charge is 0.416 e. The number of carbonyl (C=O) groups excluding carboxylic acids is 1. The molecule has 2 fully saturated rings. The molecule has 2 atom stereocenters. The van der Waals surface area contributed by atoms with Crippen molar-refractivity contribution in [3.05, 3.63) is 34.9 Å². The first-order chi connectivity index (χ1) is 12.3. The fraction of sp³-hybridized carbons (Fsp3) is 0.650. The number of rotatable bonds is 4. The van der Waals surface area contributed by atoms with E-state index in [-0.39, 0.29) is 17.9 Å². The summed E-state index contributed by atoms with van der Waals surface area (Å²) in [6, 6.07) is 3.90. The Kier molecular flexibility index (Phi) is 5.61. The summed E-state index contributed by atoms with van der Waals surface area (Å²) in [5.74, 6) is -0.408. The van der Waals surface area contributed by atoms with Crippen LogP contribution in [-0.2, 0) is 6.18 Å². The van der Waals surface area contributed by atoms with Gasteiger partial charge in [0.05, 0.1) is 5.56 Å². The molecule has 1 amide bonds. The summed E-state index contributed by atoms with van der Waals surface area (Å²) >= 11 is 0. The number of likely N-dealkylation sites (tertiary alicyclic amines) is 1. The van der Waals surface area contributed by atoms with Crippen molar-refractivity contribution in [3.63, 3.8) is 0 Å². The van der Waals surface area contributed by atoms with Crippen LogP contribution in [0, 0.1) is 0 Å². The summed E-state index contributed by atoms with van der Waals surface area (Å²) in [6.07, 6.45) is 1.10. The molecule has 1 N–H and O–H groups in total. The molecule has 2 unspecified atom stereocenters. The van der Waals surface area contributed by atoms with Crippen molar-refractivity contribution in [3.8, 4) is 0 Å². The van der Waals surface area contributed by atoms with Crippen molar-refractivity contribution in [1.82, 2.24) is 10.2 Å². The first kappa shape index (κ1) is 19.2. The van der Waals surface area contributed by atoms with Gasteiger partial charge in [-0.2, -0.15) is 13.2 Å². The fourth-order valence-electron chi connectivity index (χ4n) is 4.29. The third-order valence-electron chi connectivity index (χ3n) is 5.65. The van der Waals surface area contributed by atoms with E-state index in [1.807, 2.05) is 13.8 Å². The molecule has 26 heavy (non-hydrogen) atoms. The Morgan fingerprint density at radius 1 is 1.15 bits per heavy atom. The van der Waals surface area contributed by atoms with Crippen molar-refractivity contribution < 1.29 is 18.0 Å². The lowest BCUT2D eigenvalue weighted by Crippen LogP contribution is -2.48. The lowest BCUT2D eigenvalue weighted by Gasteiger charge is -2.30. The maximum absolute atomic E-state index is 13.0. The third-order valence-corrected chi connectivity index (χ3v) is 5.65. The molecular formula is C20H27F3N2O. The summed E-state index contributed by atoms with van der Waals surface area (Å²) < 4.78 is 39.0. The van der Waals surface area contributed by atoms with Gasteiger partial charge in [0.15, 0.2) is 0 Å². The van der Waals surface area contributed by atoms with Crippen LogP contribution in [0.4, 0.5) is 13.2 Å². The number of halogens is 3. The van der Waals surface area contributed by atoms with Crippen molar-refractivity contribution in [2.24, 2.45) is 0 Å². The van der Waals surface area contributed by atoms with E-state index in [1.165, 1.54) is 18.9 Å². The number of carbonyl (C=O) groups is 1. The Hall–Kier alpha value is -1.56. The summed E-state index contributed by atoms with van der Waals surface area (Å²) in [7, 11) is 0. The van der Waals surface area contributed by atoms with E-state index in [4.69, 9.17) is 0 Å². The van der Waals surface area contributed by atoms with Gasteiger partial charge in [-0.3, -0.25) is 9.69 Å². The summed E-state index contributed by atoms with van der Waals surface area (Å²) in [5.41, 5.74) is 0.113. The average molecular weight is 368 g/mol. The topological polar surface area (TPSA) is 32.3 Å². The number of hydrogen-bond donors (Lipinski definition) is 1. The lowest BCUT2D eigenvalue weighted by atomic mass is 9.94. The summed E-state index contributed by atoms with van der Waals surface area (Å²) in [5, 5.41) is 3.11. The van der Waals surface area contributed by atoms with Crippen LogP contribution >= 0.6 is 0 Å². The van der Waals surface area contributed by atoms with Gasteiger partial charge in [0, 0.05) is 17.6 Å². The number of alkyl halides is 3. The van der Waals surface area contributed by atoms with Gasteiger partial charge >= 0.3 is 6.18 Å². The minimum atomic E-state index is -4.40. The van der Waals surface area contributed by atoms with Crippen LogP contribution in [0.2, 0.25) is 0 Å². The molecule has 0 radical (unpaired) electrons. The van der Waals surface area contributed by atoms with Crippen LogP contribution in [0.3, 0.4) is 0 Å². The van der Waals surface area contributed by atoms with Crippen molar-refractivity contribution in [1.29, 1.82) is 0 Å². The molecule has 0 spiro atoms. The van der Waals surface area contributed by atoms with E-state index in [2.05, 4.69) is 10.2 Å². The Morgan fingerprint density at radius 3 is 2.46 bits per heavy atom. The maximum atomic E-state index is 13.0. The van der Waals surface area contributed by atoms with Gasteiger partial charge < -0.3 is 5.32 Å². The van der Waals surface area contributed by atoms with Crippen LogP contribution in [0.5, 0.6) is 0 Å². The third kappa shape index (κ3) is 4.05. The zero-order chi connectivity index (χ0) is 18.9. The van der Waals surface area contributed by atoms with Gasteiger partial charge in [-0.05, 0) is 74.9 Å². The van der Waals surface area contributed by atoms with Gasteiger partial charge in [-0.1, -0.05) is 13.8 Å². The number of hydrogen-bond acceptors (Lipinski definition) is 2. The molecule has 0 aromatic heterocycles. The molecule has 3 nitrogen and oxygen atoms in total. The molecule has 144 valence electrons. The van der Waals surface area contributed by atoms with Crippen molar-refractivity contribution in [2.75, 3.05) is 13.1 Å². The second-order valence-corrected chi connectivity index (χ2v) is 7.78. The standard InChI is InChI=1S/C20H27F3N2O/c1-13(2)16-12-14(20(21,22)23)8-9-15(16)19(26)24-17-6-5-7-18(17)25-10-3-4-11-25/h8-9,12-13,17-18H,3-7,10-11H2,1-2H3,(H,24,26). The Balaban J connectivity index is 1.78. The Morgan fingerprint density at radius 2 is 1.85 bits per heavy atom. The molecule has 2 aliphatic rings. The predicted octanol–water partition coefficient (Wildman–Crippen LogP) is 4.58. The number of nitrogens with zero attached hydrogens (tertiary/aromatic N) is 1. The summed E-state index contributed by atoms with van der Waals surface area (Å²) in [4.78, 5) is 15.3. The van der Waals surface area contributed by atoms with E-state index in [9.17, 15) is 18.0 Å². The van der Waals surface area contributed by atoms with Crippen LogP contribution in [0.1, 0.15) is 73.4 Å². The van der Waals surface area contributed by atoms with Gasteiger partial charge in [-0.15, -0.1) is 0 Å². The second kappa shape index (κ2) is 7.59. The number of nitrogens with one attached hydrogen (secondary N) is 1. The first-order valence-corrected chi connectivity index (χ1v) is 9.53. The molecule has 6 heteroatoms. The van der Waals surface area contributed by atoms with E-state index >= 15 is 0 Å². The molecule has 3 rings (SSSR count). The average Bonchev–Trinajstić information content (AvgIpc) is 3.24. The van der Waals surface area contributed by atoms with Gasteiger partial charge in [0.2, 0.25) is 0 Å². The first-order valence-electron chi connectivity index (χ1n) is 9.53. The molecule has 0 bridgehead atoms. The SMILES string of the molecule is CC(C)c1cc(C(F)(F)F)ccc1C(=O)NC1CCCC1N1CCCC1. The number of amides is 1. The Bertz CT molecular complexity index is 651. The van der Waals surface area contributed by atoms with Gasteiger partial charge in [-0.25, -0.2) is 0 Å². The van der Waals surface area contributed by atoms with Crippen LogP contribution in [0.15, 0.2) is 18.2 Å². The monoisotopic (exact) mass is 368 g/mol. The van der Waals surface area contributed by atoms with Gasteiger partial charge in [0.25, 0.3) is 5.91 Å². The predicted molar refractivity (Wildman–Crippen MR) is 95.2 cm³/mol. The van der Waals surface area contributed by atoms with E-state index in [0.717, 1.165) is 44.5 Å². The van der Waals surface area contributed by atoms with Gasteiger partial charge in [0.1, 0.15) is 0 Å². The molecule has 1 aliphatic heterocycles. The highest BCUT2D eigenvalue weighted by molar-refractivity contribution is 5.96.